The van der Waals surface area contributed by atoms with Gasteiger partial charge >= 0.3 is 0 Å². The molecule has 0 aromatic carbocycles. The highest BCUT2D eigenvalue weighted by Gasteiger charge is 2.17. The van der Waals surface area contributed by atoms with Crippen LogP contribution in [0.2, 0.25) is 5.02 Å². The van der Waals surface area contributed by atoms with Crippen molar-refractivity contribution in [3.8, 4) is 0 Å². The van der Waals surface area contributed by atoms with E-state index >= 15 is 0 Å². The van der Waals surface area contributed by atoms with Gasteiger partial charge in [-0.25, -0.2) is 0 Å². The molecule has 1 rings (SSSR count). The molecule has 0 aliphatic rings. The second-order valence-corrected chi connectivity index (χ2v) is 5.38. The minimum absolute atomic E-state index is 0.295. The Morgan fingerprint density at radius 1 is 1.42 bits per heavy atom. The van der Waals surface area contributed by atoms with Crippen LogP contribution in [0.1, 0.15) is 38.1 Å². The first kappa shape index (κ1) is 16.5. The Morgan fingerprint density at radius 2 is 2.11 bits per heavy atom. The first-order valence-electron chi connectivity index (χ1n) is 6.93. The third-order valence-electron chi connectivity index (χ3n) is 3.67. The van der Waals surface area contributed by atoms with Gasteiger partial charge in [-0.3, -0.25) is 4.68 Å². The Morgan fingerprint density at radius 3 is 2.58 bits per heavy atom. The summed E-state index contributed by atoms with van der Waals surface area (Å²) in [4.78, 5) is 0. The Labute approximate surface area is 121 Å². The summed E-state index contributed by atoms with van der Waals surface area (Å²) < 4.78 is 7.20. The van der Waals surface area contributed by atoms with Crippen molar-refractivity contribution in [2.24, 2.45) is 7.05 Å². The number of nitrogens with zero attached hydrogens (tertiary/aromatic N) is 2. The number of nitrogens with one attached hydrogen (secondary N) is 1. The molecule has 0 fully saturated rings. The van der Waals surface area contributed by atoms with Crippen LogP contribution < -0.4 is 5.32 Å². The van der Waals surface area contributed by atoms with Crippen LogP contribution in [-0.4, -0.2) is 36.1 Å². The third-order valence-corrected chi connectivity index (χ3v) is 4.11. The molecule has 110 valence electrons. The third kappa shape index (κ3) is 4.48. The summed E-state index contributed by atoms with van der Waals surface area (Å²) in [7, 11) is 5.71. The Kier molecular flexibility index (Phi) is 6.83. The molecule has 2 atom stereocenters. The molecular weight excluding hydrogens is 262 g/mol. The lowest BCUT2D eigenvalue weighted by Crippen LogP contribution is -2.29. The van der Waals surface area contributed by atoms with Gasteiger partial charge in [0.2, 0.25) is 0 Å². The standard InChI is InChI=1S/C14H26ClN3O/c1-6-12-14(15)13(18(4)17-12)9-11(16-3)8-7-10(2)19-5/h10-11,16H,6-9H2,1-5H3. The minimum Gasteiger partial charge on any atom is -0.382 e. The largest absolute Gasteiger partial charge is 0.382 e. The van der Waals surface area contributed by atoms with E-state index in [-0.39, 0.29) is 0 Å². The van der Waals surface area contributed by atoms with Crippen LogP contribution in [-0.2, 0) is 24.6 Å². The van der Waals surface area contributed by atoms with Gasteiger partial charge < -0.3 is 10.1 Å². The molecule has 0 spiro atoms. The minimum atomic E-state index is 0.295. The van der Waals surface area contributed by atoms with Gasteiger partial charge in [-0.2, -0.15) is 5.10 Å². The molecule has 1 aromatic rings. The molecule has 0 bridgehead atoms. The van der Waals surface area contributed by atoms with Crippen LogP contribution in [0.25, 0.3) is 0 Å². The zero-order valence-electron chi connectivity index (χ0n) is 12.7. The first-order chi connectivity index (χ1) is 9.03. The highest BCUT2D eigenvalue weighted by Crippen LogP contribution is 2.23. The summed E-state index contributed by atoms with van der Waals surface area (Å²) in [6.07, 6.45) is 4.17. The first-order valence-corrected chi connectivity index (χ1v) is 7.31. The van der Waals surface area contributed by atoms with E-state index in [1.54, 1.807) is 7.11 Å². The number of methoxy groups -OCH3 is 1. The van der Waals surface area contributed by atoms with E-state index in [9.17, 15) is 0 Å². The zero-order valence-corrected chi connectivity index (χ0v) is 13.4. The average molecular weight is 288 g/mol. The summed E-state index contributed by atoms with van der Waals surface area (Å²) in [5, 5.41) is 8.64. The lowest BCUT2D eigenvalue weighted by atomic mass is 10.0. The Bertz CT molecular complexity index is 392. The van der Waals surface area contributed by atoms with Crippen molar-refractivity contribution in [3.05, 3.63) is 16.4 Å². The predicted molar refractivity (Wildman–Crippen MR) is 79.9 cm³/mol. The van der Waals surface area contributed by atoms with Gasteiger partial charge in [0.1, 0.15) is 0 Å². The van der Waals surface area contributed by atoms with E-state index in [0.29, 0.717) is 12.1 Å². The second kappa shape index (κ2) is 7.88. The number of ether oxygens (including phenoxy) is 1. The molecule has 0 amide bonds. The van der Waals surface area contributed by atoms with Crippen molar-refractivity contribution >= 4 is 11.6 Å². The highest BCUT2D eigenvalue weighted by atomic mass is 35.5. The number of hydrogen-bond acceptors (Lipinski definition) is 3. The molecular formula is C14H26ClN3O. The maximum absolute atomic E-state index is 6.38. The predicted octanol–water partition coefficient (Wildman–Crippen LogP) is 2.58. The summed E-state index contributed by atoms with van der Waals surface area (Å²) in [5.41, 5.74) is 2.10. The fourth-order valence-electron chi connectivity index (χ4n) is 2.18. The maximum Gasteiger partial charge on any atom is 0.0850 e. The van der Waals surface area contributed by atoms with Crippen LogP contribution in [0.15, 0.2) is 0 Å². The number of halogens is 1. The van der Waals surface area contributed by atoms with E-state index in [1.807, 2.05) is 18.8 Å². The van der Waals surface area contributed by atoms with Crippen molar-refractivity contribution < 1.29 is 4.74 Å². The lowest BCUT2D eigenvalue weighted by molar-refractivity contribution is 0.106. The average Bonchev–Trinajstić information content (AvgIpc) is 2.69. The molecule has 4 nitrogen and oxygen atoms in total. The summed E-state index contributed by atoms with van der Waals surface area (Å²) in [6.45, 7) is 4.17. The number of hydrogen-bond donors (Lipinski definition) is 1. The quantitative estimate of drug-likeness (QED) is 0.799. The number of rotatable bonds is 8. The molecule has 1 aromatic heterocycles. The summed E-state index contributed by atoms with van der Waals surface area (Å²) in [5.74, 6) is 0. The molecule has 1 N–H and O–H groups in total. The van der Waals surface area contributed by atoms with Gasteiger partial charge in [0.25, 0.3) is 0 Å². The number of aryl methyl sites for hydroxylation is 2. The van der Waals surface area contributed by atoms with E-state index < -0.39 is 0 Å². The van der Waals surface area contributed by atoms with Crippen LogP contribution in [0.4, 0.5) is 0 Å². The van der Waals surface area contributed by atoms with Crippen molar-refractivity contribution in [3.63, 3.8) is 0 Å². The molecule has 2 unspecified atom stereocenters. The number of aromatic nitrogens is 2. The molecule has 0 radical (unpaired) electrons. The van der Waals surface area contributed by atoms with Gasteiger partial charge in [0.15, 0.2) is 0 Å². The smallest absolute Gasteiger partial charge is 0.0850 e. The van der Waals surface area contributed by atoms with Crippen LogP contribution in [0.5, 0.6) is 0 Å². The molecule has 5 heteroatoms. The van der Waals surface area contributed by atoms with E-state index in [2.05, 4.69) is 24.3 Å². The maximum atomic E-state index is 6.38. The normalized spacial score (nSPS) is 14.6. The lowest BCUT2D eigenvalue weighted by Gasteiger charge is -2.18. The fraction of sp³-hybridized carbons (Fsp3) is 0.786. The zero-order chi connectivity index (χ0) is 14.4. The van der Waals surface area contributed by atoms with Crippen molar-refractivity contribution in [1.82, 2.24) is 15.1 Å². The summed E-state index contributed by atoms with van der Waals surface area (Å²) >= 11 is 6.38. The molecule has 0 aliphatic heterocycles. The Balaban J connectivity index is 2.67. The van der Waals surface area contributed by atoms with Gasteiger partial charge in [0, 0.05) is 26.6 Å². The van der Waals surface area contributed by atoms with Crippen LogP contribution >= 0.6 is 11.6 Å². The Hall–Kier alpha value is -0.580. The van der Waals surface area contributed by atoms with E-state index in [4.69, 9.17) is 16.3 Å². The highest BCUT2D eigenvalue weighted by molar-refractivity contribution is 6.31. The molecule has 19 heavy (non-hydrogen) atoms. The molecule has 0 aliphatic carbocycles. The summed E-state index contributed by atoms with van der Waals surface area (Å²) in [6, 6.07) is 0.398. The molecule has 0 saturated heterocycles. The van der Waals surface area contributed by atoms with Gasteiger partial charge in [0.05, 0.1) is 22.5 Å². The topological polar surface area (TPSA) is 39.1 Å². The van der Waals surface area contributed by atoms with Crippen molar-refractivity contribution in [1.29, 1.82) is 0 Å². The molecule has 1 heterocycles. The van der Waals surface area contributed by atoms with Crippen LogP contribution in [0, 0.1) is 0 Å². The van der Waals surface area contributed by atoms with Crippen molar-refractivity contribution in [2.45, 2.75) is 51.7 Å². The monoisotopic (exact) mass is 287 g/mol. The fourth-order valence-corrected chi connectivity index (χ4v) is 2.55. The number of likely N-dealkylation sites (N-methyl/N-ethyl adjacent to an activating group) is 1. The van der Waals surface area contributed by atoms with Gasteiger partial charge in [-0.05, 0) is 33.2 Å². The molecule has 0 saturated carbocycles. The van der Waals surface area contributed by atoms with Crippen molar-refractivity contribution in [2.75, 3.05) is 14.2 Å². The second-order valence-electron chi connectivity index (χ2n) is 5.00. The van der Waals surface area contributed by atoms with E-state index in [0.717, 1.165) is 42.1 Å². The van der Waals surface area contributed by atoms with Crippen LogP contribution in [0.3, 0.4) is 0 Å². The van der Waals surface area contributed by atoms with Gasteiger partial charge in [-0.1, -0.05) is 18.5 Å². The van der Waals surface area contributed by atoms with E-state index in [1.165, 1.54) is 0 Å². The van der Waals surface area contributed by atoms with Gasteiger partial charge in [-0.15, -0.1) is 0 Å². The SMILES string of the molecule is CCc1nn(C)c(CC(CCC(C)OC)NC)c1Cl.